The summed E-state index contributed by atoms with van der Waals surface area (Å²) >= 11 is 0. The molecule has 2 fully saturated rings. The summed E-state index contributed by atoms with van der Waals surface area (Å²) in [6.45, 7) is 14.3. The molecule has 0 bridgehead atoms. The van der Waals surface area contributed by atoms with Gasteiger partial charge in [-0.05, 0) is 87.4 Å². The fourth-order valence-corrected chi connectivity index (χ4v) is 12.4. The van der Waals surface area contributed by atoms with Gasteiger partial charge in [0.1, 0.15) is 0 Å². The van der Waals surface area contributed by atoms with Gasteiger partial charge in [-0.15, -0.1) is 0 Å². The SMILES string of the molecule is CC(C)(C)[P@@](c1ccccn1)C1CCCC1.CC(C)(C)[P@@](c1ccccn1)C1CCCC1.[CH3-].[CH3-].[Fe+2]. The van der Waals surface area contributed by atoms with Crippen LogP contribution in [-0.4, -0.2) is 31.6 Å². The topological polar surface area (TPSA) is 25.8 Å². The quantitative estimate of drug-likeness (QED) is 0.214. The fourth-order valence-electron chi connectivity index (χ4n) is 5.47. The van der Waals surface area contributed by atoms with E-state index < -0.39 is 0 Å². The average molecular weight is 557 g/mol. The van der Waals surface area contributed by atoms with Gasteiger partial charge in [0.25, 0.3) is 0 Å². The second-order valence-electron chi connectivity index (χ2n) is 11.3. The minimum Gasteiger partial charge on any atom is -0.358 e. The number of rotatable bonds is 4. The van der Waals surface area contributed by atoms with Crippen LogP contribution in [0.1, 0.15) is 92.9 Å². The molecular formula is C30H50FeN2P2. The first-order valence-corrected chi connectivity index (χ1v) is 15.4. The van der Waals surface area contributed by atoms with E-state index in [0.29, 0.717) is 10.3 Å². The minimum atomic E-state index is -0.109. The molecule has 2 nitrogen and oxygen atoms in total. The Morgan fingerprint density at radius 1 is 0.600 bits per heavy atom. The zero-order valence-electron chi connectivity index (χ0n) is 23.6. The van der Waals surface area contributed by atoms with Crippen molar-refractivity contribution in [3.05, 3.63) is 63.6 Å². The van der Waals surface area contributed by atoms with Gasteiger partial charge in [-0.3, -0.25) is 9.97 Å². The third kappa shape index (κ3) is 10.2. The third-order valence-electron chi connectivity index (χ3n) is 6.62. The molecule has 2 aliphatic carbocycles. The number of hydrogen-bond donors (Lipinski definition) is 0. The van der Waals surface area contributed by atoms with E-state index in [-0.39, 0.29) is 47.8 Å². The van der Waals surface area contributed by atoms with E-state index in [0.717, 1.165) is 11.3 Å². The number of pyridine rings is 2. The predicted molar refractivity (Wildman–Crippen MR) is 158 cm³/mol. The van der Waals surface area contributed by atoms with Crippen LogP contribution in [-0.2, 0) is 17.1 Å². The Labute approximate surface area is 231 Å². The summed E-state index contributed by atoms with van der Waals surface area (Å²) in [7, 11) is -0.218. The van der Waals surface area contributed by atoms with Crippen LogP contribution in [0.2, 0.25) is 0 Å². The molecule has 0 spiro atoms. The second kappa shape index (κ2) is 15.8. The molecule has 35 heavy (non-hydrogen) atoms. The molecule has 0 aromatic carbocycles. The van der Waals surface area contributed by atoms with Crippen molar-refractivity contribution < 1.29 is 17.1 Å². The van der Waals surface area contributed by atoms with Crippen LogP contribution in [0, 0.1) is 14.9 Å². The van der Waals surface area contributed by atoms with Crippen molar-refractivity contribution in [2.45, 2.75) is 115 Å². The summed E-state index contributed by atoms with van der Waals surface area (Å²) in [6.07, 6.45) is 15.3. The molecule has 2 heterocycles. The number of hydrogen-bond acceptors (Lipinski definition) is 2. The standard InChI is InChI=1S/2C14H22NP.2CH3.Fe/c2*1-14(2,3)16(12-8-4-5-9-12)13-10-6-7-11-15-13;;;/h2*6-7,10-12H,4-5,8-9H2,1-3H3;2*1H3;/q;;2*-1;+2/t2*16-;;;/m11.../s1. The van der Waals surface area contributed by atoms with E-state index in [1.165, 1.54) is 62.2 Å². The van der Waals surface area contributed by atoms with Gasteiger partial charge in [0, 0.05) is 12.4 Å². The Morgan fingerprint density at radius 3 is 1.14 bits per heavy atom. The van der Waals surface area contributed by atoms with Crippen LogP contribution in [0.25, 0.3) is 0 Å². The Hall–Kier alpha value is -0.321. The molecule has 5 heteroatoms. The van der Waals surface area contributed by atoms with Gasteiger partial charge in [-0.2, -0.15) is 0 Å². The molecule has 0 amide bonds. The van der Waals surface area contributed by atoms with Crippen LogP contribution in [0.3, 0.4) is 0 Å². The first kappa shape index (κ1) is 34.7. The Balaban J connectivity index is 0.000000608. The average Bonchev–Trinajstić information content (AvgIpc) is 3.43. The second-order valence-corrected chi connectivity index (χ2v) is 17.9. The molecule has 0 unspecified atom stereocenters. The maximum Gasteiger partial charge on any atom is 2.00 e. The summed E-state index contributed by atoms with van der Waals surface area (Å²) in [5.41, 5.74) is 4.53. The maximum absolute atomic E-state index is 4.62. The Kier molecular flexibility index (Phi) is 15.7. The summed E-state index contributed by atoms with van der Waals surface area (Å²) in [4.78, 5) is 9.24. The summed E-state index contributed by atoms with van der Waals surface area (Å²) in [6, 6.07) is 12.8. The van der Waals surface area contributed by atoms with E-state index in [4.69, 9.17) is 0 Å². The van der Waals surface area contributed by atoms with E-state index in [1.54, 1.807) is 0 Å². The van der Waals surface area contributed by atoms with E-state index in [9.17, 15) is 0 Å². The van der Waals surface area contributed by atoms with Gasteiger partial charge in [-0.25, -0.2) is 0 Å². The maximum atomic E-state index is 4.62. The van der Waals surface area contributed by atoms with E-state index in [2.05, 4.69) is 75.8 Å². The van der Waals surface area contributed by atoms with Crippen molar-refractivity contribution in [3.63, 3.8) is 0 Å². The van der Waals surface area contributed by atoms with Gasteiger partial charge in [-0.1, -0.05) is 79.4 Å². The van der Waals surface area contributed by atoms with Crippen LogP contribution < -0.4 is 10.9 Å². The number of aromatic nitrogens is 2. The molecule has 0 saturated heterocycles. The molecule has 198 valence electrons. The third-order valence-corrected chi connectivity index (χ3v) is 13.5. The van der Waals surface area contributed by atoms with Crippen molar-refractivity contribution in [2.75, 3.05) is 0 Å². The van der Waals surface area contributed by atoms with Crippen molar-refractivity contribution in [2.24, 2.45) is 0 Å². The zero-order chi connectivity index (χ0) is 23.2. The summed E-state index contributed by atoms with van der Waals surface area (Å²) in [5.74, 6) is 0. The normalized spacial score (nSPS) is 18.2. The molecule has 4 rings (SSSR count). The largest absolute Gasteiger partial charge is 2.00 e. The van der Waals surface area contributed by atoms with Gasteiger partial charge < -0.3 is 14.9 Å². The van der Waals surface area contributed by atoms with Crippen molar-refractivity contribution in [1.29, 1.82) is 0 Å². The van der Waals surface area contributed by atoms with Gasteiger partial charge in [0.2, 0.25) is 0 Å². The Morgan fingerprint density at radius 2 is 0.914 bits per heavy atom. The van der Waals surface area contributed by atoms with Crippen molar-refractivity contribution in [1.82, 2.24) is 9.97 Å². The molecule has 0 N–H and O–H groups in total. The predicted octanol–water partition coefficient (Wildman–Crippen LogP) is 8.76. The number of nitrogens with zero attached hydrogens (tertiary/aromatic N) is 2. The summed E-state index contributed by atoms with van der Waals surface area (Å²) < 4.78 is 0. The van der Waals surface area contributed by atoms with Crippen LogP contribution in [0.15, 0.2) is 48.8 Å². The molecule has 2 saturated carbocycles. The molecular weight excluding hydrogens is 506 g/mol. The molecule has 0 radical (unpaired) electrons. The van der Waals surface area contributed by atoms with Crippen LogP contribution in [0.4, 0.5) is 0 Å². The molecule has 0 aliphatic heterocycles. The van der Waals surface area contributed by atoms with E-state index in [1.807, 2.05) is 24.5 Å². The minimum absolute atomic E-state index is 0. The van der Waals surface area contributed by atoms with Gasteiger partial charge in [0.05, 0.1) is 10.9 Å². The first-order chi connectivity index (χ1) is 15.2. The molecule has 2 atom stereocenters. The van der Waals surface area contributed by atoms with Gasteiger partial charge in [0.15, 0.2) is 0 Å². The zero-order valence-corrected chi connectivity index (χ0v) is 26.5. The van der Waals surface area contributed by atoms with Crippen molar-refractivity contribution in [3.8, 4) is 0 Å². The van der Waals surface area contributed by atoms with Crippen molar-refractivity contribution >= 4 is 26.7 Å². The Bertz CT molecular complexity index is 721. The molecule has 2 aromatic rings. The van der Waals surface area contributed by atoms with Gasteiger partial charge >= 0.3 is 17.1 Å². The first-order valence-electron chi connectivity index (χ1n) is 12.6. The monoisotopic (exact) mass is 556 g/mol. The fraction of sp³-hybridized carbons (Fsp3) is 0.600. The molecule has 2 aromatic heterocycles. The summed E-state index contributed by atoms with van der Waals surface area (Å²) in [5, 5.41) is 0.775. The molecule has 2 aliphatic rings. The van der Waals surface area contributed by atoms with Crippen LogP contribution in [0.5, 0.6) is 0 Å². The van der Waals surface area contributed by atoms with E-state index >= 15 is 0 Å². The van der Waals surface area contributed by atoms with Crippen LogP contribution >= 0.6 is 15.8 Å². The smallest absolute Gasteiger partial charge is 0.358 e.